The Hall–Kier alpha value is -1.03. The molecule has 0 atom stereocenters. The lowest BCUT2D eigenvalue weighted by atomic mass is 9.92. The topological polar surface area (TPSA) is 20.2 Å². The molecule has 0 aliphatic carbocycles. The predicted molar refractivity (Wildman–Crippen MR) is 51.5 cm³/mol. The lowest BCUT2D eigenvalue weighted by Crippen LogP contribution is -2.12. The van der Waals surface area contributed by atoms with Crippen molar-refractivity contribution in [3.8, 4) is 0 Å². The molecular formula is C11H13F3O. The molecule has 0 bridgehead atoms. The van der Waals surface area contributed by atoms with Crippen LogP contribution in [0.25, 0.3) is 0 Å². The summed E-state index contributed by atoms with van der Waals surface area (Å²) in [6.45, 7) is 3.00. The van der Waals surface area contributed by atoms with Gasteiger partial charge in [-0.15, -0.1) is 0 Å². The second kappa shape index (κ2) is 4.23. The minimum absolute atomic E-state index is 0.188. The maximum Gasteiger partial charge on any atom is 0.416 e. The van der Waals surface area contributed by atoms with Crippen molar-refractivity contribution >= 4 is 0 Å². The van der Waals surface area contributed by atoms with Crippen molar-refractivity contribution in [3.63, 3.8) is 0 Å². The van der Waals surface area contributed by atoms with Gasteiger partial charge in [0.1, 0.15) is 0 Å². The highest BCUT2D eigenvalue weighted by molar-refractivity contribution is 5.39. The van der Waals surface area contributed by atoms with Crippen LogP contribution in [0.5, 0.6) is 0 Å². The molecule has 0 fully saturated rings. The average molecular weight is 218 g/mol. The van der Waals surface area contributed by atoms with Crippen molar-refractivity contribution in [2.45, 2.75) is 32.5 Å². The molecule has 15 heavy (non-hydrogen) atoms. The summed E-state index contributed by atoms with van der Waals surface area (Å²) < 4.78 is 37.9. The molecule has 0 aromatic heterocycles. The molecule has 0 heterocycles. The molecule has 1 aromatic carbocycles. The molecule has 0 spiro atoms. The minimum atomic E-state index is -4.36. The highest BCUT2D eigenvalue weighted by atomic mass is 19.4. The van der Waals surface area contributed by atoms with Crippen LogP contribution in [0.15, 0.2) is 18.2 Å². The number of aliphatic hydroxyl groups excluding tert-OH is 1. The summed E-state index contributed by atoms with van der Waals surface area (Å²) in [6.07, 6.45) is -4.36. The number of aliphatic hydroxyl groups is 1. The summed E-state index contributed by atoms with van der Waals surface area (Å²) in [6, 6.07) is 3.89. The number of benzene rings is 1. The zero-order valence-electron chi connectivity index (χ0n) is 8.60. The molecule has 1 nitrogen and oxygen atoms in total. The van der Waals surface area contributed by atoms with E-state index in [0.717, 1.165) is 6.07 Å². The van der Waals surface area contributed by atoms with Gasteiger partial charge >= 0.3 is 6.18 Å². The standard InChI is InChI=1S/C11H13F3O/c1-7(2)10-8(6-15)4-3-5-9(10)11(12,13)14/h3-5,7,15H,6H2,1-2H3. The van der Waals surface area contributed by atoms with Crippen molar-refractivity contribution in [2.75, 3.05) is 0 Å². The van der Waals surface area contributed by atoms with E-state index in [4.69, 9.17) is 5.11 Å². The van der Waals surface area contributed by atoms with Crippen LogP contribution in [-0.4, -0.2) is 5.11 Å². The van der Waals surface area contributed by atoms with Gasteiger partial charge in [0.2, 0.25) is 0 Å². The molecule has 84 valence electrons. The van der Waals surface area contributed by atoms with Crippen LogP contribution in [0.2, 0.25) is 0 Å². The van der Waals surface area contributed by atoms with E-state index in [0.29, 0.717) is 5.56 Å². The Morgan fingerprint density at radius 1 is 1.27 bits per heavy atom. The molecule has 4 heteroatoms. The second-order valence-corrected chi connectivity index (χ2v) is 3.69. The van der Waals surface area contributed by atoms with E-state index >= 15 is 0 Å². The molecule has 0 aliphatic heterocycles. The fourth-order valence-electron chi connectivity index (χ4n) is 1.68. The molecular weight excluding hydrogens is 205 g/mol. The Labute approximate surface area is 86.5 Å². The van der Waals surface area contributed by atoms with E-state index in [9.17, 15) is 13.2 Å². The summed E-state index contributed by atoms with van der Waals surface area (Å²) in [5.74, 6) is -0.259. The van der Waals surface area contributed by atoms with E-state index in [1.165, 1.54) is 12.1 Å². The van der Waals surface area contributed by atoms with E-state index in [1.807, 2.05) is 0 Å². The number of rotatable bonds is 2. The first-order chi connectivity index (χ1) is 6.88. The van der Waals surface area contributed by atoms with E-state index < -0.39 is 11.7 Å². The maximum absolute atomic E-state index is 12.6. The monoisotopic (exact) mass is 218 g/mol. The maximum atomic E-state index is 12.6. The summed E-state index contributed by atoms with van der Waals surface area (Å²) in [7, 11) is 0. The molecule has 0 aliphatic rings. The van der Waals surface area contributed by atoms with Gasteiger partial charge in [0, 0.05) is 0 Å². The van der Waals surface area contributed by atoms with Gasteiger partial charge in [0.05, 0.1) is 12.2 Å². The van der Waals surface area contributed by atoms with Gasteiger partial charge in [0.15, 0.2) is 0 Å². The largest absolute Gasteiger partial charge is 0.416 e. The summed E-state index contributed by atoms with van der Waals surface area (Å²) in [5.41, 5.74) is -0.114. The molecule has 1 N–H and O–H groups in total. The Morgan fingerprint density at radius 2 is 1.87 bits per heavy atom. The predicted octanol–water partition coefficient (Wildman–Crippen LogP) is 3.32. The highest BCUT2D eigenvalue weighted by Crippen LogP contribution is 2.36. The van der Waals surface area contributed by atoms with E-state index in [1.54, 1.807) is 13.8 Å². The number of halogens is 3. The van der Waals surface area contributed by atoms with Crippen molar-refractivity contribution in [1.29, 1.82) is 0 Å². The van der Waals surface area contributed by atoms with Crippen molar-refractivity contribution in [2.24, 2.45) is 0 Å². The molecule has 0 unspecified atom stereocenters. The average Bonchev–Trinajstić information content (AvgIpc) is 2.15. The smallest absolute Gasteiger partial charge is 0.392 e. The summed E-state index contributed by atoms with van der Waals surface area (Å²) >= 11 is 0. The Balaban J connectivity index is 3.39. The Bertz CT molecular complexity index is 342. The van der Waals surface area contributed by atoms with Gasteiger partial charge in [-0.1, -0.05) is 26.0 Å². The van der Waals surface area contributed by atoms with Gasteiger partial charge in [0.25, 0.3) is 0 Å². The Morgan fingerprint density at radius 3 is 2.27 bits per heavy atom. The molecule has 0 amide bonds. The zero-order chi connectivity index (χ0) is 11.6. The lowest BCUT2D eigenvalue weighted by molar-refractivity contribution is -0.138. The third kappa shape index (κ3) is 2.50. The molecule has 0 radical (unpaired) electrons. The Kier molecular flexibility index (Phi) is 3.39. The van der Waals surface area contributed by atoms with Gasteiger partial charge in [-0.05, 0) is 23.1 Å². The van der Waals surface area contributed by atoms with Crippen LogP contribution in [-0.2, 0) is 12.8 Å². The number of hydrogen-bond acceptors (Lipinski definition) is 1. The number of hydrogen-bond donors (Lipinski definition) is 1. The van der Waals surface area contributed by atoms with Crippen LogP contribution in [0.3, 0.4) is 0 Å². The van der Waals surface area contributed by atoms with Gasteiger partial charge < -0.3 is 5.11 Å². The minimum Gasteiger partial charge on any atom is -0.392 e. The van der Waals surface area contributed by atoms with Crippen LogP contribution in [0, 0.1) is 0 Å². The van der Waals surface area contributed by atoms with Crippen molar-refractivity contribution < 1.29 is 18.3 Å². The molecule has 1 aromatic rings. The lowest BCUT2D eigenvalue weighted by Gasteiger charge is -2.18. The first-order valence-electron chi connectivity index (χ1n) is 4.67. The molecule has 0 saturated heterocycles. The number of alkyl halides is 3. The fraction of sp³-hybridized carbons (Fsp3) is 0.455. The summed E-state index contributed by atoms with van der Waals surface area (Å²) in [4.78, 5) is 0. The van der Waals surface area contributed by atoms with Crippen LogP contribution in [0.4, 0.5) is 13.2 Å². The fourth-order valence-corrected chi connectivity index (χ4v) is 1.68. The molecule has 0 saturated carbocycles. The quantitative estimate of drug-likeness (QED) is 0.807. The molecule has 1 rings (SSSR count). The highest BCUT2D eigenvalue weighted by Gasteiger charge is 2.34. The van der Waals surface area contributed by atoms with Gasteiger partial charge in [-0.2, -0.15) is 13.2 Å². The van der Waals surface area contributed by atoms with E-state index in [2.05, 4.69) is 0 Å². The zero-order valence-corrected chi connectivity index (χ0v) is 8.60. The van der Waals surface area contributed by atoms with Gasteiger partial charge in [-0.3, -0.25) is 0 Å². The normalized spacial score (nSPS) is 12.2. The van der Waals surface area contributed by atoms with Crippen molar-refractivity contribution in [1.82, 2.24) is 0 Å². The van der Waals surface area contributed by atoms with Crippen LogP contribution in [0.1, 0.15) is 36.5 Å². The second-order valence-electron chi connectivity index (χ2n) is 3.69. The third-order valence-corrected chi connectivity index (χ3v) is 2.25. The van der Waals surface area contributed by atoms with Crippen LogP contribution >= 0.6 is 0 Å². The first kappa shape index (κ1) is 12.0. The van der Waals surface area contributed by atoms with Crippen LogP contribution < -0.4 is 0 Å². The summed E-state index contributed by atoms with van der Waals surface area (Å²) in [5, 5.41) is 8.99. The third-order valence-electron chi connectivity index (χ3n) is 2.25. The van der Waals surface area contributed by atoms with E-state index in [-0.39, 0.29) is 18.1 Å². The first-order valence-corrected chi connectivity index (χ1v) is 4.67. The van der Waals surface area contributed by atoms with Crippen molar-refractivity contribution in [3.05, 3.63) is 34.9 Å². The van der Waals surface area contributed by atoms with Gasteiger partial charge in [-0.25, -0.2) is 0 Å². The SMILES string of the molecule is CC(C)c1c(CO)cccc1C(F)(F)F.